The number of carbonyl (C=O) groups is 2. The molecule has 2 aliphatic rings. The Morgan fingerprint density at radius 2 is 1.97 bits per heavy atom. The Morgan fingerprint density at radius 3 is 2.87 bits per heavy atom. The maximum atomic E-state index is 13.3. The van der Waals surface area contributed by atoms with Crippen LogP contribution in [0.15, 0.2) is 66.0 Å². The lowest BCUT2D eigenvalue weighted by atomic mass is 10.1. The Balaban J connectivity index is 1.19. The Morgan fingerprint density at radius 1 is 1.11 bits per heavy atom. The van der Waals surface area contributed by atoms with Gasteiger partial charge in [0.05, 0.1) is 28.6 Å². The van der Waals surface area contributed by atoms with Crippen LogP contribution in [0, 0.1) is 0 Å². The van der Waals surface area contributed by atoms with Gasteiger partial charge in [-0.15, -0.1) is 0 Å². The van der Waals surface area contributed by atoms with Gasteiger partial charge < -0.3 is 20.7 Å². The van der Waals surface area contributed by atoms with Crippen LogP contribution in [0.3, 0.4) is 0 Å². The molecule has 2 aromatic heterocycles. The number of anilines is 2. The molecule has 4 aromatic rings. The smallest absolute Gasteiger partial charge is 0.272 e. The van der Waals surface area contributed by atoms with Crippen molar-refractivity contribution in [1.82, 2.24) is 25.0 Å². The zero-order valence-corrected chi connectivity index (χ0v) is 20.6. The first kappa shape index (κ1) is 23.8. The summed E-state index contributed by atoms with van der Waals surface area (Å²) in [4.78, 5) is 37.2. The standard InChI is InChI=1S/C25H21N7O5S/c33-20-12-37-18-7-6-14(9-16(18)31-20)10-28-25(34)24-23-22(29-13-30-24)17(11-27-23)32-38(35,36)19-5-1-3-15-4-2-8-26-21(15)19/h1-9,13,17,27,32H,10-12H2,(H,28,34)(H,31,33). The number of ether oxygens (including phenoxy) is 1. The Bertz CT molecular complexity index is 1700. The first-order valence-corrected chi connectivity index (χ1v) is 13.2. The summed E-state index contributed by atoms with van der Waals surface area (Å²) < 4.78 is 34.6. The molecule has 192 valence electrons. The van der Waals surface area contributed by atoms with Gasteiger partial charge in [-0.2, -0.15) is 0 Å². The van der Waals surface area contributed by atoms with E-state index < -0.39 is 22.0 Å². The van der Waals surface area contributed by atoms with Crippen LogP contribution in [-0.2, 0) is 21.4 Å². The van der Waals surface area contributed by atoms with E-state index in [0.29, 0.717) is 33.7 Å². The molecule has 0 radical (unpaired) electrons. The molecule has 0 spiro atoms. The number of hydrogen-bond acceptors (Lipinski definition) is 9. The van der Waals surface area contributed by atoms with E-state index >= 15 is 0 Å². The first-order chi connectivity index (χ1) is 18.4. The maximum absolute atomic E-state index is 13.3. The van der Waals surface area contributed by atoms with Crippen LogP contribution in [0.5, 0.6) is 5.75 Å². The van der Waals surface area contributed by atoms with Gasteiger partial charge in [-0.05, 0) is 29.8 Å². The minimum Gasteiger partial charge on any atom is -0.482 e. The fourth-order valence-corrected chi connectivity index (χ4v) is 5.84. The van der Waals surface area contributed by atoms with Crippen LogP contribution < -0.4 is 25.4 Å². The third kappa shape index (κ3) is 4.37. The molecule has 0 saturated heterocycles. The summed E-state index contributed by atoms with van der Waals surface area (Å²) in [5.41, 5.74) is 2.48. The molecule has 4 N–H and O–H groups in total. The highest BCUT2D eigenvalue weighted by Crippen LogP contribution is 2.32. The monoisotopic (exact) mass is 531 g/mol. The molecular weight excluding hydrogens is 510 g/mol. The Kier molecular flexibility index (Phi) is 5.85. The number of benzene rings is 2. The molecular formula is C25H21N7O5S. The van der Waals surface area contributed by atoms with Crippen LogP contribution in [0.2, 0.25) is 0 Å². The highest BCUT2D eigenvalue weighted by atomic mass is 32.2. The molecule has 0 fully saturated rings. The van der Waals surface area contributed by atoms with Crippen molar-refractivity contribution in [2.75, 3.05) is 23.8 Å². The largest absolute Gasteiger partial charge is 0.482 e. The number of nitrogens with one attached hydrogen (secondary N) is 4. The van der Waals surface area contributed by atoms with Crippen LogP contribution in [0.25, 0.3) is 10.9 Å². The molecule has 13 heteroatoms. The molecule has 38 heavy (non-hydrogen) atoms. The van der Waals surface area contributed by atoms with Gasteiger partial charge in [0.15, 0.2) is 12.3 Å². The molecule has 0 saturated carbocycles. The van der Waals surface area contributed by atoms with Crippen LogP contribution in [0.4, 0.5) is 11.4 Å². The summed E-state index contributed by atoms with van der Waals surface area (Å²) in [6, 6.07) is 13.0. The minimum atomic E-state index is -3.96. The van der Waals surface area contributed by atoms with Gasteiger partial charge in [0, 0.05) is 24.7 Å². The first-order valence-electron chi connectivity index (χ1n) is 11.7. The number of hydrogen-bond donors (Lipinski definition) is 4. The van der Waals surface area contributed by atoms with Gasteiger partial charge in [0.2, 0.25) is 10.0 Å². The van der Waals surface area contributed by atoms with E-state index in [1.54, 1.807) is 48.7 Å². The average molecular weight is 532 g/mol. The molecule has 12 nitrogen and oxygen atoms in total. The second kappa shape index (κ2) is 9.36. The van der Waals surface area contributed by atoms with E-state index in [-0.39, 0.29) is 36.2 Å². The van der Waals surface area contributed by atoms with Crippen molar-refractivity contribution in [3.05, 3.63) is 78.0 Å². The van der Waals surface area contributed by atoms with Gasteiger partial charge in [0.1, 0.15) is 17.0 Å². The van der Waals surface area contributed by atoms with Gasteiger partial charge in [0.25, 0.3) is 11.8 Å². The van der Waals surface area contributed by atoms with Gasteiger partial charge in [-0.1, -0.05) is 24.3 Å². The van der Waals surface area contributed by atoms with E-state index in [1.165, 1.54) is 12.4 Å². The number of rotatable bonds is 6. The second-order valence-electron chi connectivity index (χ2n) is 8.72. The lowest BCUT2D eigenvalue weighted by molar-refractivity contribution is -0.118. The number of aromatic nitrogens is 3. The highest BCUT2D eigenvalue weighted by Gasteiger charge is 2.33. The lowest BCUT2D eigenvalue weighted by Gasteiger charge is -2.18. The van der Waals surface area contributed by atoms with Crippen molar-refractivity contribution in [3.8, 4) is 5.75 Å². The number of fused-ring (bicyclic) bond motifs is 3. The van der Waals surface area contributed by atoms with Crippen molar-refractivity contribution in [1.29, 1.82) is 0 Å². The number of nitrogens with zero attached hydrogens (tertiary/aromatic N) is 3. The third-order valence-electron chi connectivity index (χ3n) is 6.22. The number of pyridine rings is 1. The predicted octanol–water partition coefficient (Wildman–Crippen LogP) is 1.73. The predicted molar refractivity (Wildman–Crippen MR) is 137 cm³/mol. The number of para-hydroxylation sites is 1. The fraction of sp³-hybridized carbons (Fsp3) is 0.160. The van der Waals surface area contributed by atoms with E-state index in [9.17, 15) is 18.0 Å². The number of carbonyl (C=O) groups excluding carboxylic acids is 2. The van der Waals surface area contributed by atoms with Crippen molar-refractivity contribution in [3.63, 3.8) is 0 Å². The summed E-state index contributed by atoms with van der Waals surface area (Å²) >= 11 is 0. The third-order valence-corrected chi connectivity index (χ3v) is 7.72. The Labute approximate surface area is 216 Å². The van der Waals surface area contributed by atoms with Crippen LogP contribution in [-0.4, -0.2) is 48.3 Å². The second-order valence-corrected chi connectivity index (χ2v) is 10.4. The summed E-state index contributed by atoms with van der Waals surface area (Å²) in [5, 5.41) is 9.30. The topological polar surface area (TPSA) is 164 Å². The molecule has 0 bridgehead atoms. The van der Waals surface area contributed by atoms with Crippen LogP contribution in [0.1, 0.15) is 27.8 Å². The highest BCUT2D eigenvalue weighted by molar-refractivity contribution is 7.89. The van der Waals surface area contributed by atoms with Gasteiger partial charge in [-0.25, -0.2) is 23.1 Å². The molecule has 1 atom stereocenters. The summed E-state index contributed by atoms with van der Waals surface area (Å²) in [5.74, 6) is -0.149. The fourth-order valence-electron chi connectivity index (χ4n) is 4.46. The van der Waals surface area contributed by atoms with E-state index in [1.807, 2.05) is 0 Å². The van der Waals surface area contributed by atoms with E-state index in [4.69, 9.17) is 4.74 Å². The summed E-state index contributed by atoms with van der Waals surface area (Å²) in [7, 11) is -3.96. The zero-order valence-electron chi connectivity index (χ0n) is 19.8. The summed E-state index contributed by atoms with van der Waals surface area (Å²) in [6.07, 6.45) is 2.77. The molecule has 2 aromatic carbocycles. The normalized spacial score (nSPS) is 16.1. The van der Waals surface area contributed by atoms with Gasteiger partial charge in [-0.3, -0.25) is 14.6 Å². The SMILES string of the molecule is O=C1COc2ccc(CNC(=O)c3ncnc4c3NCC4NS(=O)(=O)c3cccc4cccnc34)cc2N1. The number of amides is 2. The van der Waals surface area contributed by atoms with Crippen LogP contribution >= 0.6 is 0 Å². The van der Waals surface area contributed by atoms with Crippen molar-refractivity contribution < 1.29 is 22.7 Å². The molecule has 2 amide bonds. The molecule has 2 aliphatic heterocycles. The zero-order chi connectivity index (χ0) is 26.3. The maximum Gasteiger partial charge on any atom is 0.272 e. The van der Waals surface area contributed by atoms with E-state index in [2.05, 4.69) is 35.6 Å². The number of sulfonamides is 1. The van der Waals surface area contributed by atoms with Crippen molar-refractivity contribution in [2.45, 2.75) is 17.5 Å². The van der Waals surface area contributed by atoms with Crippen molar-refractivity contribution >= 4 is 44.1 Å². The molecule has 0 aliphatic carbocycles. The minimum absolute atomic E-state index is 0.0368. The van der Waals surface area contributed by atoms with Gasteiger partial charge >= 0.3 is 0 Å². The van der Waals surface area contributed by atoms with Crippen molar-refractivity contribution in [2.24, 2.45) is 0 Å². The molecule has 6 rings (SSSR count). The average Bonchev–Trinajstić information content (AvgIpc) is 3.33. The molecule has 4 heterocycles. The quantitative estimate of drug-likeness (QED) is 0.290. The summed E-state index contributed by atoms with van der Waals surface area (Å²) in [6.45, 7) is 0.325. The lowest BCUT2D eigenvalue weighted by Crippen LogP contribution is -2.30. The Hall–Kier alpha value is -4.62. The van der Waals surface area contributed by atoms with E-state index in [0.717, 1.165) is 5.56 Å². The molecule has 1 unspecified atom stereocenters.